The molecule has 0 aliphatic carbocycles. The molecule has 0 radical (unpaired) electrons. The zero-order valence-electron chi connectivity index (χ0n) is 14.9. The van der Waals surface area contributed by atoms with Gasteiger partial charge in [0.2, 0.25) is 5.91 Å². The lowest BCUT2D eigenvalue weighted by atomic mass is 10.1. The summed E-state index contributed by atoms with van der Waals surface area (Å²) in [6.45, 7) is 8.44. The molecule has 1 aromatic carbocycles. The first-order chi connectivity index (χ1) is 11.2. The highest BCUT2D eigenvalue weighted by molar-refractivity contribution is 6.30. The van der Waals surface area contributed by atoms with Gasteiger partial charge in [0.1, 0.15) is 11.9 Å². The fourth-order valence-corrected chi connectivity index (χ4v) is 2.08. The molecule has 6 nitrogen and oxygen atoms in total. The number of carbonyl (C=O) groups is 1. The highest BCUT2D eigenvalue weighted by Crippen LogP contribution is 2.18. The number of ether oxygens (including phenoxy) is 1. The predicted octanol–water partition coefficient (Wildman–Crippen LogP) is 2.19. The van der Waals surface area contributed by atoms with Gasteiger partial charge in [-0.3, -0.25) is 9.79 Å². The van der Waals surface area contributed by atoms with Crippen LogP contribution >= 0.6 is 11.6 Å². The number of halogens is 1. The number of amides is 1. The summed E-state index contributed by atoms with van der Waals surface area (Å²) in [5, 5.41) is 9.61. The maximum atomic E-state index is 11.8. The van der Waals surface area contributed by atoms with Gasteiger partial charge in [0.25, 0.3) is 0 Å². The molecule has 0 aliphatic heterocycles. The lowest BCUT2D eigenvalue weighted by Crippen LogP contribution is -2.49. The van der Waals surface area contributed by atoms with Gasteiger partial charge >= 0.3 is 0 Å². The van der Waals surface area contributed by atoms with Crippen molar-refractivity contribution in [1.82, 2.24) is 16.0 Å². The molecule has 24 heavy (non-hydrogen) atoms. The monoisotopic (exact) mass is 354 g/mol. The molecule has 134 valence electrons. The van der Waals surface area contributed by atoms with Crippen LogP contribution in [0.5, 0.6) is 5.75 Å². The van der Waals surface area contributed by atoms with E-state index in [2.05, 4.69) is 20.9 Å². The molecule has 0 spiro atoms. The second-order valence-electron chi connectivity index (χ2n) is 6.49. The third kappa shape index (κ3) is 8.62. The Morgan fingerprint density at radius 3 is 2.62 bits per heavy atom. The lowest BCUT2D eigenvalue weighted by Gasteiger charge is -2.21. The van der Waals surface area contributed by atoms with Gasteiger partial charge in [0, 0.05) is 17.6 Å². The summed E-state index contributed by atoms with van der Waals surface area (Å²) in [7, 11) is 1.65. The molecule has 0 saturated carbocycles. The van der Waals surface area contributed by atoms with Crippen molar-refractivity contribution in [2.75, 3.05) is 20.1 Å². The summed E-state index contributed by atoms with van der Waals surface area (Å²) in [6.07, 6.45) is -0.0922. The van der Waals surface area contributed by atoms with Crippen LogP contribution in [-0.2, 0) is 4.79 Å². The number of aliphatic imine (C=N–C) groups is 1. The molecule has 1 unspecified atom stereocenters. The summed E-state index contributed by atoms with van der Waals surface area (Å²) >= 11 is 5.93. The fourth-order valence-electron chi connectivity index (χ4n) is 1.90. The van der Waals surface area contributed by atoms with Gasteiger partial charge in [-0.25, -0.2) is 0 Å². The highest BCUT2D eigenvalue weighted by atomic mass is 35.5. The smallest absolute Gasteiger partial charge is 0.239 e. The van der Waals surface area contributed by atoms with Crippen molar-refractivity contribution in [3.63, 3.8) is 0 Å². The highest BCUT2D eigenvalue weighted by Gasteiger charge is 2.14. The molecule has 0 fully saturated rings. The molecule has 1 amide bonds. The predicted molar refractivity (Wildman–Crippen MR) is 98.8 cm³/mol. The topological polar surface area (TPSA) is 74.8 Å². The third-order valence-corrected chi connectivity index (χ3v) is 3.08. The number of hydrogen-bond donors (Lipinski definition) is 3. The maximum Gasteiger partial charge on any atom is 0.239 e. The zero-order valence-corrected chi connectivity index (χ0v) is 15.7. The lowest BCUT2D eigenvalue weighted by molar-refractivity contribution is -0.121. The molecule has 0 heterocycles. The first-order valence-electron chi connectivity index (χ1n) is 7.87. The Labute approximate surface area is 149 Å². The number of hydrogen-bond acceptors (Lipinski definition) is 3. The number of nitrogens with one attached hydrogen (secondary N) is 3. The van der Waals surface area contributed by atoms with Gasteiger partial charge in [-0.1, -0.05) is 17.7 Å². The summed E-state index contributed by atoms with van der Waals surface area (Å²) in [5.74, 6) is 1.17. The van der Waals surface area contributed by atoms with E-state index in [1.54, 1.807) is 19.2 Å². The van der Waals surface area contributed by atoms with E-state index in [0.29, 0.717) is 23.3 Å². The van der Waals surface area contributed by atoms with Crippen LogP contribution < -0.4 is 20.7 Å². The van der Waals surface area contributed by atoms with E-state index >= 15 is 0 Å². The van der Waals surface area contributed by atoms with E-state index < -0.39 is 0 Å². The molecular formula is C17H27ClN4O2. The van der Waals surface area contributed by atoms with Crippen LogP contribution in [0.2, 0.25) is 5.02 Å². The van der Waals surface area contributed by atoms with Gasteiger partial charge in [0.15, 0.2) is 5.96 Å². The number of carbonyl (C=O) groups excluding carboxylic acids is 1. The normalized spacial score (nSPS) is 13.2. The third-order valence-electron chi connectivity index (χ3n) is 2.84. The molecule has 1 aromatic rings. The Morgan fingerprint density at radius 2 is 2.04 bits per heavy atom. The van der Waals surface area contributed by atoms with E-state index in [-0.39, 0.29) is 24.1 Å². The first kappa shape index (κ1) is 20.1. The number of guanidine groups is 1. The molecule has 3 N–H and O–H groups in total. The number of benzene rings is 1. The molecule has 1 atom stereocenters. The van der Waals surface area contributed by atoms with Crippen molar-refractivity contribution in [2.24, 2.45) is 4.99 Å². The minimum absolute atomic E-state index is 0.0892. The Hall–Kier alpha value is -1.95. The molecule has 0 aliphatic rings. The minimum atomic E-state index is -0.255. The summed E-state index contributed by atoms with van der Waals surface area (Å²) in [5.41, 5.74) is -0.255. The van der Waals surface area contributed by atoms with Gasteiger partial charge in [-0.05, 0) is 45.9 Å². The van der Waals surface area contributed by atoms with Crippen molar-refractivity contribution in [3.05, 3.63) is 29.3 Å². The van der Waals surface area contributed by atoms with Crippen LogP contribution in [0.1, 0.15) is 27.7 Å². The van der Waals surface area contributed by atoms with Crippen LogP contribution in [0.25, 0.3) is 0 Å². The summed E-state index contributed by atoms with van der Waals surface area (Å²) in [4.78, 5) is 15.9. The van der Waals surface area contributed by atoms with Crippen LogP contribution in [0, 0.1) is 0 Å². The van der Waals surface area contributed by atoms with Crippen molar-refractivity contribution >= 4 is 23.5 Å². The molecule has 1 rings (SSSR count). The second-order valence-corrected chi connectivity index (χ2v) is 6.93. The molecule has 0 aromatic heterocycles. The molecule has 0 saturated heterocycles. The average Bonchev–Trinajstić information content (AvgIpc) is 2.45. The van der Waals surface area contributed by atoms with E-state index in [0.717, 1.165) is 0 Å². The van der Waals surface area contributed by atoms with Crippen LogP contribution in [0.3, 0.4) is 0 Å². The quantitative estimate of drug-likeness (QED) is 0.540. The van der Waals surface area contributed by atoms with Crippen LogP contribution in [-0.4, -0.2) is 43.6 Å². The summed E-state index contributed by atoms with van der Waals surface area (Å²) in [6, 6.07) is 7.26. The molecule has 0 bridgehead atoms. The zero-order chi connectivity index (χ0) is 18.2. The Kier molecular flexibility index (Phi) is 7.85. The first-order valence-corrected chi connectivity index (χ1v) is 8.25. The average molecular weight is 355 g/mol. The van der Waals surface area contributed by atoms with Crippen LogP contribution in [0.4, 0.5) is 0 Å². The summed E-state index contributed by atoms with van der Waals surface area (Å²) < 4.78 is 5.77. The van der Waals surface area contributed by atoms with Gasteiger partial charge in [0.05, 0.1) is 13.1 Å². The van der Waals surface area contributed by atoms with Crippen LogP contribution in [0.15, 0.2) is 29.3 Å². The van der Waals surface area contributed by atoms with E-state index in [9.17, 15) is 4.79 Å². The molecular weight excluding hydrogens is 328 g/mol. The maximum absolute atomic E-state index is 11.8. The Bertz CT molecular complexity index is 570. The second kappa shape index (κ2) is 9.37. The number of rotatable bonds is 6. The van der Waals surface area contributed by atoms with E-state index in [4.69, 9.17) is 16.3 Å². The minimum Gasteiger partial charge on any atom is -0.489 e. The molecule has 7 heteroatoms. The van der Waals surface area contributed by atoms with Gasteiger partial charge in [-0.2, -0.15) is 0 Å². The number of nitrogens with zero attached hydrogens (tertiary/aromatic N) is 1. The largest absolute Gasteiger partial charge is 0.489 e. The van der Waals surface area contributed by atoms with Crippen molar-refractivity contribution < 1.29 is 9.53 Å². The van der Waals surface area contributed by atoms with E-state index in [1.807, 2.05) is 39.8 Å². The Morgan fingerprint density at radius 1 is 1.33 bits per heavy atom. The van der Waals surface area contributed by atoms with Crippen molar-refractivity contribution in [1.29, 1.82) is 0 Å². The van der Waals surface area contributed by atoms with Crippen molar-refractivity contribution in [3.8, 4) is 5.75 Å². The standard InChI is InChI=1S/C17H27ClN4O2/c1-12(24-14-8-6-7-13(18)9-14)10-20-16(19-5)21-11-15(23)22-17(2,3)4/h6-9,12H,10-11H2,1-5H3,(H,22,23)(H2,19,20,21). The van der Waals surface area contributed by atoms with Gasteiger partial charge < -0.3 is 20.7 Å². The Balaban J connectivity index is 2.37. The van der Waals surface area contributed by atoms with Gasteiger partial charge in [-0.15, -0.1) is 0 Å². The van der Waals surface area contributed by atoms with E-state index in [1.165, 1.54) is 0 Å². The fraction of sp³-hybridized carbons (Fsp3) is 0.529. The van der Waals surface area contributed by atoms with Crippen molar-refractivity contribution in [2.45, 2.75) is 39.3 Å². The SMILES string of the molecule is CN=C(NCC(=O)NC(C)(C)C)NCC(C)Oc1cccc(Cl)c1.